The second-order valence-electron chi connectivity index (χ2n) is 4.26. The average molecular weight is 232 g/mol. The largest absolute Gasteiger partial charge is 0.335 e. The first-order valence-electron chi connectivity index (χ1n) is 5.79. The minimum absolute atomic E-state index is 0.0638. The minimum Gasteiger partial charge on any atom is -0.335 e. The van der Waals surface area contributed by atoms with Gasteiger partial charge in [-0.3, -0.25) is 4.79 Å². The van der Waals surface area contributed by atoms with Crippen LogP contribution in [0.5, 0.6) is 0 Å². The lowest BCUT2D eigenvalue weighted by atomic mass is 10.1. The van der Waals surface area contributed by atoms with Crippen LogP contribution in [0, 0.1) is 0 Å². The second-order valence-corrected chi connectivity index (χ2v) is 4.26. The van der Waals surface area contributed by atoms with E-state index in [9.17, 15) is 4.79 Å². The Kier molecular flexibility index (Phi) is 4.91. The maximum absolute atomic E-state index is 12.2. The first-order chi connectivity index (χ1) is 8.07. The van der Waals surface area contributed by atoms with Gasteiger partial charge in [-0.05, 0) is 19.4 Å². The summed E-state index contributed by atoms with van der Waals surface area (Å²) in [5, 5.41) is 0. The molecule has 0 saturated heterocycles. The van der Waals surface area contributed by atoms with Gasteiger partial charge in [0.05, 0.1) is 0 Å². The topological polar surface area (TPSA) is 46.3 Å². The molecule has 0 saturated carbocycles. The van der Waals surface area contributed by atoms with Crippen molar-refractivity contribution in [3.63, 3.8) is 0 Å². The number of carbonyl (C=O) groups is 1. The van der Waals surface area contributed by atoms with E-state index in [-0.39, 0.29) is 11.9 Å². The Morgan fingerprint density at radius 3 is 2.47 bits per heavy atom. The first-order valence-corrected chi connectivity index (χ1v) is 5.79. The van der Waals surface area contributed by atoms with Gasteiger partial charge in [0, 0.05) is 12.6 Å². The molecule has 1 aromatic rings. The van der Waals surface area contributed by atoms with Crippen LogP contribution >= 0.6 is 0 Å². The van der Waals surface area contributed by atoms with E-state index in [0.29, 0.717) is 6.54 Å². The van der Waals surface area contributed by atoms with Crippen molar-refractivity contribution in [2.75, 3.05) is 6.54 Å². The Labute approximate surface area is 103 Å². The molecule has 17 heavy (non-hydrogen) atoms. The van der Waals surface area contributed by atoms with Gasteiger partial charge < -0.3 is 10.6 Å². The monoisotopic (exact) mass is 232 g/mol. The zero-order valence-corrected chi connectivity index (χ0v) is 10.5. The highest BCUT2D eigenvalue weighted by molar-refractivity contribution is 5.83. The van der Waals surface area contributed by atoms with Crippen LogP contribution in [-0.2, 0) is 4.79 Å². The summed E-state index contributed by atoms with van der Waals surface area (Å²) in [5.41, 5.74) is 6.82. The molecule has 1 rings (SSSR count). The zero-order valence-electron chi connectivity index (χ0n) is 10.5. The highest BCUT2D eigenvalue weighted by atomic mass is 16.2. The second kappa shape index (κ2) is 6.21. The van der Waals surface area contributed by atoms with Gasteiger partial charge in [0.25, 0.3) is 0 Å². The summed E-state index contributed by atoms with van der Waals surface area (Å²) in [6, 6.07) is 8.94. The van der Waals surface area contributed by atoms with Gasteiger partial charge in [-0.15, -0.1) is 6.58 Å². The smallest absolute Gasteiger partial charge is 0.244 e. The summed E-state index contributed by atoms with van der Waals surface area (Å²) in [6.07, 6.45) is 1.72. The number of hydrogen-bond donors (Lipinski definition) is 1. The number of nitrogens with two attached hydrogens (primary N) is 1. The van der Waals surface area contributed by atoms with Crippen LogP contribution in [0.15, 0.2) is 43.0 Å². The fraction of sp³-hybridized carbons (Fsp3) is 0.357. The lowest BCUT2D eigenvalue weighted by Crippen LogP contribution is -2.42. The molecule has 3 nitrogen and oxygen atoms in total. The van der Waals surface area contributed by atoms with Crippen molar-refractivity contribution in [1.82, 2.24) is 4.90 Å². The van der Waals surface area contributed by atoms with Crippen LogP contribution < -0.4 is 5.73 Å². The third-order valence-electron chi connectivity index (χ3n) is 2.66. The molecule has 0 aliphatic rings. The molecule has 1 amide bonds. The molecule has 0 spiro atoms. The number of benzene rings is 1. The predicted molar refractivity (Wildman–Crippen MR) is 70.4 cm³/mol. The lowest BCUT2D eigenvalue weighted by Gasteiger charge is -2.28. The van der Waals surface area contributed by atoms with Gasteiger partial charge in [-0.1, -0.05) is 36.4 Å². The van der Waals surface area contributed by atoms with Crippen molar-refractivity contribution >= 4 is 5.91 Å². The van der Waals surface area contributed by atoms with Gasteiger partial charge >= 0.3 is 0 Å². The van der Waals surface area contributed by atoms with Crippen molar-refractivity contribution in [3.8, 4) is 0 Å². The highest BCUT2D eigenvalue weighted by Gasteiger charge is 2.23. The Hall–Kier alpha value is -1.61. The highest BCUT2D eigenvalue weighted by Crippen LogP contribution is 2.14. The third kappa shape index (κ3) is 3.43. The average Bonchev–Trinajstić information content (AvgIpc) is 2.35. The molecule has 0 radical (unpaired) electrons. The van der Waals surface area contributed by atoms with Crippen LogP contribution in [-0.4, -0.2) is 23.4 Å². The molecular formula is C14H20N2O. The van der Waals surface area contributed by atoms with Gasteiger partial charge in [0.2, 0.25) is 5.91 Å². The summed E-state index contributed by atoms with van der Waals surface area (Å²) < 4.78 is 0. The van der Waals surface area contributed by atoms with E-state index in [1.807, 2.05) is 44.2 Å². The zero-order chi connectivity index (χ0) is 12.8. The summed E-state index contributed by atoms with van der Waals surface area (Å²) in [6.45, 7) is 8.13. The Morgan fingerprint density at radius 2 is 2.00 bits per heavy atom. The number of amides is 1. The Bertz CT molecular complexity index is 373. The maximum atomic E-state index is 12.2. The SMILES string of the molecule is C=CCN(C(=O)[C@@H](N)c1ccccc1)C(C)C. The van der Waals surface area contributed by atoms with E-state index in [4.69, 9.17) is 5.73 Å². The third-order valence-corrected chi connectivity index (χ3v) is 2.66. The van der Waals surface area contributed by atoms with Crippen LogP contribution in [0.25, 0.3) is 0 Å². The fourth-order valence-corrected chi connectivity index (χ4v) is 1.68. The van der Waals surface area contributed by atoms with Gasteiger partial charge in [0.15, 0.2) is 0 Å². The minimum atomic E-state index is -0.599. The van der Waals surface area contributed by atoms with E-state index < -0.39 is 6.04 Å². The number of carbonyl (C=O) groups excluding carboxylic acids is 1. The molecule has 0 aliphatic heterocycles. The molecule has 0 unspecified atom stereocenters. The first kappa shape index (κ1) is 13.5. The van der Waals surface area contributed by atoms with E-state index in [0.717, 1.165) is 5.56 Å². The quantitative estimate of drug-likeness (QED) is 0.790. The van der Waals surface area contributed by atoms with Crippen LogP contribution in [0.4, 0.5) is 0 Å². The van der Waals surface area contributed by atoms with Crippen molar-refractivity contribution in [2.24, 2.45) is 5.73 Å². The van der Waals surface area contributed by atoms with Crippen LogP contribution in [0.3, 0.4) is 0 Å². The van der Waals surface area contributed by atoms with Crippen LogP contribution in [0.2, 0.25) is 0 Å². The molecule has 0 aromatic heterocycles. The summed E-state index contributed by atoms with van der Waals surface area (Å²) in [4.78, 5) is 14.0. The molecule has 0 fully saturated rings. The van der Waals surface area contributed by atoms with Gasteiger partial charge in [-0.2, -0.15) is 0 Å². The van der Waals surface area contributed by atoms with Crippen molar-refractivity contribution in [2.45, 2.75) is 25.9 Å². The molecule has 1 aromatic carbocycles. The fourth-order valence-electron chi connectivity index (χ4n) is 1.68. The molecule has 2 N–H and O–H groups in total. The van der Waals surface area contributed by atoms with Crippen LogP contribution in [0.1, 0.15) is 25.5 Å². The maximum Gasteiger partial charge on any atom is 0.244 e. The van der Waals surface area contributed by atoms with Crippen molar-refractivity contribution in [3.05, 3.63) is 48.6 Å². The molecule has 3 heteroatoms. The Balaban J connectivity index is 2.84. The molecular weight excluding hydrogens is 212 g/mol. The summed E-state index contributed by atoms with van der Waals surface area (Å²) in [7, 11) is 0. The molecule has 92 valence electrons. The number of hydrogen-bond acceptors (Lipinski definition) is 2. The standard InChI is InChI=1S/C14H20N2O/c1-4-10-16(11(2)3)14(17)13(15)12-8-6-5-7-9-12/h4-9,11,13H,1,10,15H2,2-3H3/t13-/m0/s1. The molecule has 1 atom stereocenters. The molecule has 0 bridgehead atoms. The van der Waals surface area contributed by atoms with Gasteiger partial charge in [-0.25, -0.2) is 0 Å². The van der Waals surface area contributed by atoms with E-state index in [1.54, 1.807) is 11.0 Å². The molecule has 0 aliphatic carbocycles. The van der Waals surface area contributed by atoms with E-state index in [1.165, 1.54) is 0 Å². The normalized spacial score (nSPS) is 12.2. The van der Waals surface area contributed by atoms with Crippen molar-refractivity contribution in [1.29, 1.82) is 0 Å². The molecule has 0 heterocycles. The Morgan fingerprint density at radius 1 is 1.41 bits per heavy atom. The predicted octanol–water partition coefficient (Wildman–Crippen LogP) is 2.11. The van der Waals surface area contributed by atoms with E-state index in [2.05, 4.69) is 6.58 Å². The lowest BCUT2D eigenvalue weighted by molar-refractivity contribution is -0.133. The summed E-state index contributed by atoms with van der Waals surface area (Å²) >= 11 is 0. The van der Waals surface area contributed by atoms with Gasteiger partial charge in [0.1, 0.15) is 6.04 Å². The number of nitrogens with zero attached hydrogens (tertiary/aromatic N) is 1. The number of rotatable bonds is 5. The summed E-state index contributed by atoms with van der Waals surface area (Å²) in [5.74, 6) is -0.0638. The van der Waals surface area contributed by atoms with E-state index >= 15 is 0 Å². The van der Waals surface area contributed by atoms with Crippen molar-refractivity contribution < 1.29 is 4.79 Å².